The van der Waals surface area contributed by atoms with Crippen LogP contribution in [0, 0.1) is 0 Å². The van der Waals surface area contributed by atoms with E-state index in [2.05, 4.69) is 26.3 Å². The van der Waals surface area contributed by atoms with Crippen molar-refractivity contribution in [3.63, 3.8) is 0 Å². The average molecular weight is 514 g/mol. The number of amides is 1. The molecule has 0 aliphatic heterocycles. The molecule has 0 spiro atoms. The number of rotatable bonds is 5. The zero-order valence-electron chi connectivity index (χ0n) is 20.1. The molecular weight excluding hydrogens is 487 g/mol. The molecule has 0 saturated heterocycles. The molecular formula is C26H26F3N5O3. The summed E-state index contributed by atoms with van der Waals surface area (Å²) in [5.41, 5.74) is 4.28. The molecule has 8 nitrogen and oxygen atoms in total. The lowest BCUT2D eigenvalue weighted by Gasteiger charge is -2.16. The minimum Gasteiger partial charge on any atom is -0.475 e. The van der Waals surface area contributed by atoms with Crippen LogP contribution in [0.25, 0.3) is 16.9 Å². The van der Waals surface area contributed by atoms with E-state index in [9.17, 15) is 18.0 Å². The van der Waals surface area contributed by atoms with Crippen molar-refractivity contribution in [2.45, 2.75) is 44.4 Å². The molecule has 4 heterocycles. The molecule has 37 heavy (non-hydrogen) atoms. The number of carbonyl (C=O) groups is 2. The number of carboxylic acids is 1. The maximum absolute atomic E-state index is 13.3. The summed E-state index contributed by atoms with van der Waals surface area (Å²) in [7, 11) is 1.82. The Labute approximate surface area is 211 Å². The number of hydrogen-bond donors (Lipinski definition) is 1. The minimum atomic E-state index is -5.08. The van der Waals surface area contributed by atoms with Crippen molar-refractivity contribution in [2.75, 3.05) is 7.05 Å². The molecule has 1 N–H and O–H groups in total. The standard InChI is InChI=1S/C24H25N5O.C2HF3O2/c1-27(17-18-8-4-6-13-25-18)24(30)20-16-23(28-14-7-5-11-22(20)28)21-12-15-29(26-21)19-9-2-3-10-19;3-2(4,5)1(6)7/h4-8,11-16,19H,2-3,9-10,17H2,1H3;(H,6,7). The van der Waals surface area contributed by atoms with E-state index >= 15 is 0 Å². The van der Waals surface area contributed by atoms with Crippen LogP contribution in [0.15, 0.2) is 67.1 Å². The first-order chi connectivity index (χ1) is 17.6. The number of nitrogens with zero attached hydrogens (tertiary/aromatic N) is 5. The Morgan fingerprint density at radius 1 is 1.08 bits per heavy atom. The molecule has 11 heteroatoms. The quantitative estimate of drug-likeness (QED) is 0.395. The van der Waals surface area contributed by atoms with Crippen molar-refractivity contribution in [1.29, 1.82) is 0 Å². The van der Waals surface area contributed by atoms with E-state index in [-0.39, 0.29) is 5.91 Å². The first kappa shape index (κ1) is 25.9. The minimum absolute atomic E-state index is 0.0224. The molecule has 1 saturated carbocycles. The SMILES string of the molecule is CN(Cc1ccccn1)C(=O)c1cc(-c2ccn(C3CCCC3)n2)n2ccccc12.O=C(O)C(F)(F)F. The highest BCUT2D eigenvalue weighted by molar-refractivity contribution is 6.02. The van der Waals surface area contributed by atoms with Gasteiger partial charge in [-0.15, -0.1) is 0 Å². The molecule has 194 valence electrons. The maximum atomic E-state index is 13.3. The van der Waals surface area contributed by atoms with E-state index in [0.29, 0.717) is 18.2 Å². The molecule has 5 rings (SSSR count). The van der Waals surface area contributed by atoms with Gasteiger partial charge in [-0.05, 0) is 49.2 Å². The number of pyridine rings is 2. The van der Waals surface area contributed by atoms with Gasteiger partial charge in [0.2, 0.25) is 0 Å². The lowest BCUT2D eigenvalue weighted by atomic mass is 10.2. The highest BCUT2D eigenvalue weighted by Gasteiger charge is 2.38. The van der Waals surface area contributed by atoms with Gasteiger partial charge in [0, 0.05) is 25.6 Å². The van der Waals surface area contributed by atoms with E-state index in [0.717, 1.165) is 22.6 Å². The largest absolute Gasteiger partial charge is 0.490 e. The summed E-state index contributed by atoms with van der Waals surface area (Å²) in [6, 6.07) is 16.2. The number of aliphatic carboxylic acids is 1. The highest BCUT2D eigenvalue weighted by Crippen LogP contribution is 2.31. The third kappa shape index (κ3) is 5.99. The van der Waals surface area contributed by atoms with Crippen LogP contribution in [0.1, 0.15) is 47.8 Å². The Balaban J connectivity index is 0.000000405. The Kier molecular flexibility index (Phi) is 7.61. The number of fused-ring (bicyclic) bond motifs is 1. The molecule has 1 aliphatic carbocycles. The second kappa shape index (κ2) is 10.9. The smallest absolute Gasteiger partial charge is 0.475 e. The Morgan fingerprint density at radius 3 is 2.43 bits per heavy atom. The van der Waals surface area contributed by atoms with Gasteiger partial charge >= 0.3 is 12.1 Å². The normalized spacial score (nSPS) is 13.8. The van der Waals surface area contributed by atoms with Crippen LogP contribution in [0.4, 0.5) is 13.2 Å². The molecule has 0 unspecified atom stereocenters. The Morgan fingerprint density at radius 2 is 1.78 bits per heavy atom. The van der Waals surface area contributed by atoms with Gasteiger partial charge < -0.3 is 14.4 Å². The number of alkyl halides is 3. The fraction of sp³-hybridized carbons (Fsp3) is 0.308. The Bertz CT molecular complexity index is 1380. The summed E-state index contributed by atoms with van der Waals surface area (Å²) in [5.74, 6) is -2.78. The van der Waals surface area contributed by atoms with E-state index in [4.69, 9.17) is 15.0 Å². The predicted octanol–water partition coefficient (Wildman–Crippen LogP) is 5.22. The van der Waals surface area contributed by atoms with E-state index in [1.807, 2.05) is 55.7 Å². The van der Waals surface area contributed by atoms with Crippen LogP contribution in [0.3, 0.4) is 0 Å². The molecule has 0 bridgehead atoms. The summed E-state index contributed by atoms with van der Waals surface area (Å²) >= 11 is 0. The van der Waals surface area contributed by atoms with Crippen LogP contribution < -0.4 is 0 Å². The molecule has 0 aromatic carbocycles. The second-order valence-corrected chi connectivity index (χ2v) is 8.80. The van der Waals surface area contributed by atoms with Crippen molar-refractivity contribution in [3.05, 3.63) is 78.4 Å². The fourth-order valence-electron chi connectivity index (χ4n) is 4.38. The van der Waals surface area contributed by atoms with E-state index in [1.165, 1.54) is 25.7 Å². The van der Waals surface area contributed by atoms with Crippen LogP contribution in [-0.2, 0) is 11.3 Å². The number of carbonyl (C=O) groups excluding carboxylic acids is 1. The van der Waals surface area contributed by atoms with Gasteiger partial charge in [0.05, 0.1) is 35.1 Å². The predicted molar refractivity (Wildman–Crippen MR) is 130 cm³/mol. The van der Waals surface area contributed by atoms with Crippen LogP contribution >= 0.6 is 0 Å². The lowest BCUT2D eigenvalue weighted by Crippen LogP contribution is -2.26. The van der Waals surface area contributed by atoms with Gasteiger partial charge in [-0.1, -0.05) is 25.0 Å². The average Bonchev–Trinajstić information content (AvgIpc) is 3.63. The summed E-state index contributed by atoms with van der Waals surface area (Å²) < 4.78 is 35.9. The molecule has 0 radical (unpaired) electrons. The van der Waals surface area contributed by atoms with Gasteiger partial charge in [-0.3, -0.25) is 14.5 Å². The fourth-order valence-corrected chi connectivity index (χ4v) is 4.38. The first-order valence-corrected chi connectivity index (χ1v) is 11.8. The first-order valence-electron chi connectivity index (χ1n) is 11.8. The molecule has 1 aliphatic rings. The molecule has 4 aromatic heterocycles. The summed E-state index contributed by atoms with van der Waals surface area (Å²) in [6.07, 6.45) is 5.66. The van der Waals surface area contributed by atoms with Crippen molar-refractivity contribution >= 4 is 17.4 Å². The highest BCUT2D eigenvalue weighted by atomic mass is 19.4. The summed E-state index contributed by atoms with van der Waals surface area (Å²) in [6.45, 7) is 0.468. The summed E-state index contributed by atoms with van der Waals surface area (Å²) in [5, 5.41) is 12.0. The lowest BCUT2D eigenvalue weighted by molar-refractivity contribution is -0.192. The number of halogens is 3. The van der Waals surface area contributed by atoms with Crippen LogP contribution in [-0.4, -0.2) is 54.3 Å². The number of aromatic nitrogens is 4. The van der Waals surface area contributed by atoms with E-state index in [1.54, 1.807) is 11.1 Å². The third-order valence-corrected chi connectivity index (χ3v) is 6.19. The van der Waals surface area contributed by atoms with Crippen molar-refractivity contribution in [3.8, 4) is 11.4 Å². The van der Waals surface area contributed by atoms with Crippen molar-refractivity contribution in [2.24, 2.45) is 0 Å². The summed E-state index contributed by atoms with van der Waals surface area (Å²) in [4.78, 5) is 28.2. The van der Waals surface area contributed by atoms with E-state index < -0.39 is 12.1 Å². The van der Waals surface area contributed by atoms with Crippen LogP contribution in [0.2, 0.25) is 0 Å². The Hall–Kier alpha value is -4.15. The molecule has 4 aromatic rings. The van der Waals surface area contributed by atoms with Crippen LogP contribution in [0.5, 0.6) is 0 Å². The third-order valence-electron chi connectivity index (χ3n) is 6.19. The topological polar surface area (TPSA) is 92.7 Å². The monoisotopic (exact) mass is 513 g/mol. The maximum Gasteiger partial charge on any atom is 0.490 e. The molecule has 0 atom stereocenters. The van der Waals surface area contributed by atoms with Crippen molar-refractivity contribution < 1.29 is 27.9 Å². The van der Waals surface area contributed by atoms with Gasteiger partial charge in [0.15, 0.2) is 0 Å². The number of hydrogen-bond acceptors (Lipinski definition) is 4. The molecule has 1 amide bonds. The molecule has 1 fully saturated rings. The number of carboxylic acid groups (broad SMARTS) is 1. The van der Waals surface area contributed by atoms with Gasteiger partial charge in [0.25, 0.3) is 5.91 Å². The van der Waals surface area contributed by atoms with Gasteiger partial charge in [-0.25, -0.2) is 4.79 Å². The van der Waals surface area contributed by atoms with Gasteiger partial charge in [-0.2, -0.15) is 18.3 Å². The van der Waals surface area contributed by atoms with Crippen molar-refractivity contribution in [1.82, 2.24) is 24.1 Å². The van der Waals surface area contributed by atoms with Gasteiger partial charge in [0.1, 0.15) is 5.69 Å². The zero-order chi connectivity index (χ0) is 26.6. The second-order valence-electron chi connectivity index (χ2n) is 8.80. The zero-order valence-corrected chi connectivity index (χ0v) is 20.1.